The highest BCUT2D eigenvalue weighted by molar-refractivity contribution is 7.89. The van der Waals surface area contributed by atoms with Gasteiger partial charge in [-0.3, -0.25) is 5.32 Å². The van der Waals surface area contributed by atoms with E-state index in [-0.39, 0.29) is 10.3 Å². The van der Waals surface area contributed by atoms with E-state index in [2.05, 4.69) is 16.0 Å². The van der Waals surface area contributed by atoms with Gasteiger partial charge in [0.2, 0.25) is 10.0 Å². The lowest BCUT2D eigenvalue weighted by molar-refractivity contribution is -0.00688. The van der Waals surface area contributed by atoms with Gasteiger partial charge in [0.1, 0.15) is 0 Å². The molecule has 7 nitrogen and oxygen atoms in total. The van der Waals surface area contributed by atoms with Crippen molar-refractivity contribution in [3.05, 3.63) is 40.4 Å². The molecule has 2 amide bonds. The summed E-state index contributed by atoms with van der Waals surface area (Å²) in [4.78, 5) is 17.8. The molecular formula is C24H29ClN4O3S2. The maximum Gasteiger partial charge on any atom is 0.322 e. The van der Waals surface area contributed by atoms with Gasteiger partial charge in [0.05, 0.1) is 16.8 Å². The van der Waals surface area contributed by atoms with Crippen molar-refractivity contribution >= 4 is 44.1 Å². The van der Waals surface area contributed by atoms with Crippen molar-refractivity contribution in [1.82, 2.24) is 14.6 Å². The number of carbonyl (C=O) groups excluding carboxylic acids is 1. The van der Waals surface area contributed by atoms with E-state index in [1.165, 1.54) is 66.3 Å². The van der Waals surface area contributed by atoms with Crippen LogP contribution in [-0.2, 0) is 15.4 Å². The number of nitrogens with one attached hydrogen (secondary N) is 2. The van der Waals surface area contributed by atoms with E-state index in [0.29, 0.717) is 29.5 Å². The number of amides is 2. The topological polar surface area (TPSA) is 91.4 Å². The quantitative estimate of drug-likeness (QED) is 0.567. The van der Waals surface area contributed by atoms with Crippen LogP contribution in [0.25, 0.3) is 0 Å². The van der Waals surface area contributed by atoms with Gasteiger partial charge in [0.25, 0.3) is 0 Å². The van der Waals surface area contributed by atoms with E-state index >= 15 is 0 Å². The summed E-state index contributed by atoms with van der Waals surface area (Å²) in [7, 11) is -3.73. The van der Waals surface area contributed by atoms with Crippen LogP contribution in [0.5, 0.6) is 0 Å². The largest absolute Gasteiger partial charge is 0.322 e. The lowest BCUT2D eigenvalue weighted by atomic mass is 9.49. The normalized spacial score (nSPS) is 32.7. The molecule has 4 saturated carbocycles. The van der Waals surface area contributed by atoms with Crippen LogP contribution in [-0.4, -0.2) is 36.4 Å². The molecule has 0 radical (unpaired) electrons. The van der Waals surface area contributed by atoms with Crippen molar-refractivity contribution < 1.29 is 13.2 Å². The van der Waals surface area contributed by atoms with Crippen LogP contribution in [0.2, 0.25) is 5.02 Å². The van der Waals surface area contributed by atoms with Crippen molar-refractivity contribution in [2.75, 3.05) is 11.9 Å². The van der Waals surface area contributed by atoms with Gasteiger partial charge in [0, 0.05) is 22.4 Å². The van der Waals surface area contributed by atoms with Crippen molar-refractivity contribution in [2.24, 2.45) is 17.8 Å². The van der Waals surface area contributed by atoms with E-state index in [0.717, 1.165) is 23.4 Å². The maximum absolute atomic E-state index is 13.1. The molecule has 0 spiro atoms. The molecule has 2 N–H and O–H groups in total. The highest BCUT2D eigenvalue weighted by atomic mass is 35.5. The highest BCUT2D eigenvalue weighted by Gasteiger charge is 2.52. The van der Waals surface area contributed by atoms with Gasteiger partial charge >= 0.3 is 6.03 Å². The summed E-state index contributed by atoms with van der Waals surface area (Å²) in [6.07, 6.45) is 8.50. The summed E-state index contributed by atoms with van der Waals surface area (Å²) in [5.41, 5.74) is 1.33. The Morgan fingerprint density at radius 2 is 1.74 bits per heavy atom. The first kappa shape index (κ1) is 22.8. The van der Waals surface area contributed by atoms with Crippen molar-refractivity contribution in [3.63, 3.8) is 0 Å². The summed E-state index contributed by atoms with van der Waals surface area (Å²) in [6, 6.07) is 5.69. The minimum Gasteiger partial charge on any atom is -0.321 e. The molecule has 1 saturated heterocycles. The third-order valence-electron chi connectivity index (χ3n) is 8.23. The summed E-state index contributed by atoms with van der Waals surface area (Å²) < 4.78 is 27.6. The SMILES string of the molecule is O=C(Nc1nc(C23CC4CC(CC(C4)C2)C3)cs1)NC1CCCN1S(=O)(=O)c1ccc(Cl)cc1. The number of nitrogens with zero attached hydrogens (tertiary/aromatic N) is 2. The Labute approximate surface area is 209 Å². The fourth-order valence-corrected chi connectivity index (χ4v) is 9.77. The van der Waals surface area contributed by atoms with Gasteiger partial charge in [-0.15, -0.1) is 11.3 Å². The van der Waals surface area contributed by atoms with Crippen molar-refractivity contribution in [2.45, 2.75) is 67.8 Å². The number of benzene rings is 1. The van der Waals surface area contributed by atoms with Crippen molar-refractivity contribution in [3.8, 4) is 0 Å². The average Bonchev–Trinajstić information content (AvgIpc) is 3.43. The predicted molar refractivity (Wildman–Crippen MR) is 132 cm³/mol. The fourth-order valence-electron chi connectivity index (χ4n) is 7.20. The summed E-state index contributed by atoms with van der Waals surface area (Å²) in [5, 5.41) is 8.88. The number of carbonyl (C=O) groups is 1. The molecule has 1 aliphatic heterocycles. The average molecular weight is 521 g/mol. The van der Waals surface area contributed by atoms with Gasteiger partial charge in [-0.2, -0.15) is 4.31 Å². The lowest BCUT2D eigenvalue weighted by Crippen LogP contribution is -2.49. The van der Waals surface area contributed by atoms with Crippen LogP contribution in [0.3, 0.4) is 0 Å². The smallest absolute Gasteiger partial charge is 0.321 e. The second-order valence-corrected chi connectivity index (χ2v) is 13.7. The maximum atomic E-state index is 13.1. The molecule has 4 aliphatic carbocycles. The predicted octanol–water partition coefficient (Wildman–Crippen LogP) is 5.20. The lowest BCUT2D eigenvalue weighted by Gasteiger charge is -2.56. The minimum atomic E-state index is -3.73. The number of aromatic nitrogens is 1. The first-order valence-electron chi connectivity index (χ1n) is 12.1. The van der Waals surface area contributed by atoms with Crippen LogP contribution in [0.1, 0.15) is 57.1 Å². The van der Waals surface area contributed by atoms with Crippen molar-refractivity contribution in [1.29, 1.82) is 0 Å². The zero-order valence-corrected chi connectivity index (χ0v) is 21.3. The van der Waals surface area contributed by atoms with Gasteiger partial charge in [0.15, 0.2) is 5.13 Å². The molecule has 34 heavy (non-hydrogen) atoms. The highest BCUT2D eigenvalue weighted by Crippen LogP contribution is 2.60. The second-order valence-electron chi connectivity index (χ2n) is 10.6. The van der Waals surface area contributed by atoms with Crippen LogP contribution in [0.4, 0.5) is 9.93 Å². The monoisotopic (exact) mass is 520 g/mol. The number of sulfonamides is 1. The third-order valence-corrected chi connectivity index (χ3v) is 11.2. The summed E-state index contributed by atoms with van der Waals surface area (Å²) in [5.74, 6) is 2.51. The Balaban J connectivity index is 1.12. The number of hydrogen-bond donors (Lipinski definition) is 2. The molecular weight excluding hydrogens is 492 g/mol. The first-order chi connectivity index (χ1) is 16.3. The number of hydrogen-bond acceptors (Lipinski definition) is 5. The van der Waals surface area contributed by atoms with E-state index in [1.807, 2.05) is 0 Å². The molecule has 4 bridgehead atoms. The van der Waals surface area contributed by atoms with E-state index in [9.17, 15) is 13.2 Å². The minimum absolute atomic E-state index is 0.172. The number of anilines is 1. The number of thiazole rings is 1. The van der Waals surface area contributed by atoms with Crippen LogP contribution in [0, 0.1) is 17.8 Å². The molecule has 1 aromatic carbocycles. The van der Waals surface area contributed by atoms with Crippen LogP contribution in [0.15, 0.2) is 34.5 Å². The Hall–Kier alpha value is -1.68. The standard InChI is InChI=1S/C24H29ClN4O3S2/c25-18-3-5-19(6-4-18)34(31,32)29-7-1-2-21(29)27-22(30)28-23-26-20(14-33-23)24-11-15-8-16(12-24)10-17(9-15)13-24/h3-6,14-17,21H,1-2,7-13H2,(H2,26,27,28,30). The molecule has 5 fully saturated rings. The Morgan fingerprint density at radius 1 is 1.09 bits per heavy atom. The van der Waals surface area contributed by atoms with Crippen LogP contribution >= 0.6 is 22.9 Å². The van der Waals surface area contributed by atoms with Gasteiger partial charge in [-0.05, 0) is 93.4 Å². The van der Waals surface area contributed by atoms with Gasteiger partial charge in [-0.1, -0.05) is 11.6 Å². The molecule has 1 atom stereocenters. The second kappa shape index (κ2) is 8.47. The van der Waals surface area contributed by atoms with Gasteiger partial charge in [-0.25, -0.2) is 18.2 Å². The van der Waals surface area contributed by atoms with Gasteiger partial charge < -0.3 is 5.32 Å². The Kier molecular flexibility index (Phi) is 5.67. The van der Waals surface area contributed by atoms with E-state index in [4.69, 9.17) is 16.6 Å². The zero-order valence-electron chi connectivity index (χ0n) is 18.9. The van der Waals surface area contributed by atoms with E-state index < -0.39 is 22.2 Å². The number of urea groups is 1. The van der Waals surface area contributed by atoms with E-state index in [1.54, 1.807) is 12.1 Å². The summed E-state index contributed by atoms with van der Waals surface area (Å²) >= 11 is 7.37. The molecule has 1 aromatic heterocycles. The molecule has 2 aromatic rings. The molecule has 2 heterocycles. The summed E-state index contributed by atoms with van der Waals surface area (Å²) in [6.45, 7) is 0.364. The molecule has 1 unspecified atom stereocenters. The Bertz CT molecular complexity index is 1160. The fraction of sp³-hybridized carbons (Fsp3) is 0.583. The van der Waals surface area contributed by atoms with Crippen LogP contribution < -0.4 is 10.6 Å². The number of halogens is 1. The zero-order chi connectivity index (χ0) is 23.5. The molecule has 10 heteroatoms. The number of rotatable bonds is 5. The first-order valence-corrected chi connectivity index (χ1v) is 14.8. The molecule has 7 rings (SSSR count). The molecule has 5 aliphatic rings. The Morgan fingerprint density at radius 3 is 2.38 bits per heavy atom. The molecule has 182 valence electrons. The third kappa shape index (κ3) is 4.04.